The van der Waals surface area contributed by atoms with Crippen LogP contribution >= 0.6 is 0 Å². The fraction of sp³-hybridized carbons (Fsp3) is 0.350. The third-order valence-corrected chi connectivity index (χ3v) is 3.80. The maximum atomic E-state index is 12.6. The van der Waals surface area contributed by atoms with E-state index in [4.69, 9.17) is 9.47 Å². The van der Waals surface area contributed by atoms with E-state index < -0.39 is 0 Å². The first-order chi connectivity index (χ1) is 11.5. The maximum absolute atomic E-state index is 12.6. The molecule has 0 unspecified atom stereocenters. The Morgan fingerprint density at radius 1 is 0.833 bits per heavy atom. The van der Waals surface area contributed by atoms with Gasteiger partial charge in [0, 0.05) is 23.2 Å². The highest BCUT2D eigenvalue weighted by Crippen LogP contribution is 2.36. The van der Waals surface area contributed by atoms with E-state index in [1.165, 1.54) is 0 Å². The number of ether oxygens (including phenoxy) is 2. The van der Waals surface area contributed by atoms with Gasteiger partial charge in [-0.05, 0) is 39.8 Å². The lowest BCUT2D eigenvalue weighted by Gasteiger charge is -2.29. The van der Waals surface area contributed by atoms with Crippen LogP contribution in [0.4, 0.5) is 4.79 Å². The standard InChI is InChI=1S/C20H25NO3/c1-14(2)21(15(3)4)20(22)24-19-13-9-7-11-17(19)16-10-6-8-12-18(16)23-5/h6-15H,1-5H3. The van der Waals surface area contributed by atoms with Gasteiger partial charge in [-0.2, -0.15) is 0 Å². The summed E-state index contributed by atoms with van der Waals surface area (Å²) in [5.74, 6) is 1.27. The van der Waals surface area contributed by atoms with Gasteiger partial charge in [-0.1, -0.05) is 36.4 Å². The molecular weight excluding hydrogens is 302 g/mol. The van der Waals surface area contributed by atoms with E-state index in [0.717, 1.165) is 16.9 Å². The van der Waals surface area contributed by atoms with E-state index in [1.54, 1.807) is 18.1 Å². The highest BCUT2D eigenvalue weighted by molar-refractivity contribution is 5.80. The predicted octanol–water partition coefficient (Wildman–Crippen LogP) is 4.98. The molecule has 0 N–H and O–H groups in total. The summed E-state index contributed by atoms with van der Waals surface area (Å²) in [4.78, 5) is 14.3. The van der Waals surface area contributed by atoms with Crippen molar-refractivity contribution in [3.8, 4) is 22.6 Å². The summed E-state index contributed by atoms with van der Waals surface area (Å²) in [5.41, 5.74) is 1.72. The van der Waals surface area contributed by atoms with Crippen LogP contribution in [-0.4, -0.2) is 30.2 Å². The Bertz CT molecular complexity index is 687. The molecule has 0 spiro atoms. The van der Waals surface area contributed by atoms with Crippen molar-refractivity contribution in [1.29, 1.82) is 0 Å². The zero-order chi connectivity index (χ0) is 17.7. The molecule has 4 heteroatoms. The largest absolute Gasteiger partial charge is 0.496 e. The normalized spacial score (nSPS) is 10.8. The zero-order valence-corrected chi connectivity index (χ0v) is 14.9. The van der Waals surface area contributed by atoms with Crippen LogP contribution in [-0.2, 0) is 0 Å². The van der Waals surface area contributed by atoms with Crippen molar-refractivity contribution in [3.05, 3.63) is 48.5 Å². The number of para-hydroxylation sites is 2. The van der Waals surface area contributed by atoms with Gasteiger partial charge in [-0.25, -0.2) is 4.79 Å². The summed E-state index contributed by atoms with van der Waals surface area (Å²) in [6.07, 6.45) is -0.345. The molecule has 2 rings (SSSR count). The van der Waals surface area contributed by atoms with Crippen LogP contribution in [0.3, 0.4) is 0 Å². The second kappa shape index (κ2) is 7.86. The van der Waals surface area contributed by atoms with Crippen molar-refractivity contribution in [3.63, 3.8) is 0 Å². The van der Waals surface area contributed by atoms with Crippen LogP contribution in [0.15, 0.2) is 48.5 Å². The number of hydrogen-bond acceptors (Lipinski definition) is 3. The number of carbonyl (C=O) groups excluding carboxylic acids is 1. The monoisotopic (exact) mass is 327 g/mol. The van der Waals surface area contributed by atoms with Gasteiger partial charge in [0.25, 0.3) is 0 Å². The molecule has 0 aromatic heterocycles. The van der Waals surface area contributed by atoms with Gasteiger partial charge in [-0.3, -0.25) is 0 Å². The van der Waals surface area contributed by atoms with Crippen LogP contribution in [0.25, 0.3) is 11.1 Å². The number of hydrogen-bond donors (Lipinski definition) is 0. The molecule has 2 aromatic carbocycles. The van der Waals surface area contributed by atoms with Gasteiger partial charge < -0.3 is 14.4 Å². The highest BCUT2D eigenvalue weighted by atomic mass is 16.6. The first kappa shape index (κ1) is 17.9. The molecule has 0 aliphatic heterocycles. The second-order valence-electron chi connectivity index (χ2n) is 6.16. The van der Waals surface area contributed by atoms with Gasteiger partial charge in [0.05, 0.1) is 7.11 Å². The summed E-state index contributed by atoms with van der Waals surface area (Å²) >= 11 is 0. The number of amides is 1. The molecule has 1 amide bonds. The molecule has 0 saturated carbocycles. The smallest absolute Gasteiger partial charge is 0.415 e. The minimum absolute atomic E-state index is 0.0657. The molecule has 0 fully saturated rings. The Kier molecular flexibility index (Phi) is 5.85. The van der Waals surface area contributed by atoms with Crippen LogP contribution in [0, 0.1) is 0 Å². The Morgan fingerprint density at radius 3 is 1.79 bits per heavy atom. The quantitative estimate of drug-likeness (QED) is 0.777. The number of nitrogens with zero attached hydrogens (tertiary/aromatic N) is 1. The molecule has 128 valence electrons. The predicted molar refractivity (Wildman–Crippen MR) is 96.6 cm³/mol. The summed E-state index contributed by atoms with van der Waals surface area (Å²) in [6, 6.07) is 15.3. The lowest BCUT2D eigenvalue weighted by atomic mass is 10.0. The summed E-state index contributed by atoms with van der Waals surface area (Å²) in [6.45, 7) is 7.92. The van der Waals surface area contributed by atoms with E-state index in [1.807, 2.05) is 70.2 Å². The SMILES string of the molecule is COc1ccccc1-c1ccccc1OC(=O)N(C(C)C)C(C)C. The molecule has 0 atom stereocenters. The van der Waals surface area contributed by atoms with Crippen molar-refractivity contribution >= 4 is 6.09 Å². The molecule has 0 heterocycles. The Morgan fingerprint density at radius 2 is 1.29 bits per heavy atom. The number of benzene rings is 2. The zero-order valence-electron chi connectivity index (χ0n) is 14.9. The van der Waals surface area contributed by atoms with Gasteiger partial charge in [-0.15, -0.1) is 0 Å². The minimum atomic E-state index is -0.345. The maximum Gasteiger partial charge on any atom is 0.415 e. The molecule has 0 aliphatic rings. The molecule has 0 saturated heterocycles. The van der Waals surface area contributed by atoms with E-state index >= 15 is 0 Å². The Balaban J connectivity index is 2.38. The van der Waals surface area contributed by atoms with Crippen molar-refractivity contribution in [1.82, 2.24) is 4.90 Å². The Labute approximate surface area is 144 Å². The summed E-state index contributed by atoms with van der Waals surface area (Å²) in [5, 5.41) is 0. The fourth-order valence-corrected chi connectivity index (χ4v) is 2.81. The topological polar surface area (TPSA) is 38.8 Å². The van der Waals surface area contributed by atoms with Crippen molar-refractivity contribution in [2.45, 2.75) is 39.8 Å². The molecule has 24 heavy (non-hydrogen) atoms. The second-order valence-corrected chi connectivity index (χ2v) is 6.16. The first-order valence-corrected chi connectivity index (χ1v) is 8.18. The third kappa shape index (κ3) is 3.88. The molecule has 0 aliphatic carbocycles. The summed E-state index contributed by atoms with van der Waals surface area (Å²) < 4.78 is 11.1. The lowest BCUT2D eigenvalue weighted by molar-refractivity contribution is 0.123. The number of rotatable bonds is 5. The summed E-state index contributed by atoms with van der Waals surface area (Å²) in [7, 11) is 1.63. The van der Waals surface area contributed by atoms with E-state index in [9.17, 15) is 4.79 Å². The van der Waals surface area contributed by atoms with Crippen LogP contribution in [0.5, 0.6) is 11.5 Å². The minimum Gasteiger partial charge on any atom is -0.496 e. The van der Waals surface area contributed by atoms with Crippen molar-refractivity contribution in [2.24, 2.45) is 0 Å². The van der Waals surface area contributed by atoms with Gasteiger partial charge in [0.2, 0.25) is 0 Å². The molecule has 0 bridgehead atoms. The van der Waals surface area contributed by atoms with Crippen molar-refractivity contribution < 1.29 is 14.3 Å². The van der Waals surface area contributed by atoms with E-state index in [2.05, 4.69) is 0 Å². The number of methoxy groups -OCH3 is 1. The first-order valence-electron chi connectivity index (χ1n) is 8.18. The average Bonchev–Trinajstić information content (AvgIpc) is 2.54. The Hall–Kier alpha value is -2.49. The lowest BCUT2D eigenvalue weighted by Crippen LogP contribution is -2.43. The van der Waals surface area contributed by atoms with Gasteiger partial charge in [0.1, 0.15) is 11.5 Å². The van der Waals surface area contributed by atoms with E-state index in [0.29, 0.717) is 5.75 Å². The number of carbonyl (C=O) groups is 1. The highest BCUT2D eigenvalue weighted by Gasteiger charge is 2.23. The van der Waals surface area contributed by atoms with Crippen molar-refractivity contribution in [2.75, 3.05) is 7.11 Å². The molecule has 0 radical (unpaired) electrons. The molecular formula is C20H25NO3. The van der Waals surface area contributed by atoms with E-state index in [-0.39, 0.29) is 18.2 Å². The van der Waals surface area contributed by atoms with Crippen LogP contribution < -0.4 is 9.47 Å². The molecule has 4 nitrogen and oxygen atoms in total. The van der Waals surface area contributed by atoms with Crippen LogP contribution in [0.1, 0.15) is 27.7 Å². The molecule has 2 aromatic rings. The van der Waals surface area contributed by atoms with Gasteiger partial charge >= 0.3 is 6.09 Å². The van der Waals surface area contributed by atoms with Crippen LogP contribution in [0.2, 0.25) is 0 Å². The third-order valence-electron chi connectivity index (χ3n) is 3.80. The average molecular weight is 327 g/mol. The van der Waals surface area contributed by atoms with Gasteiger partial charge in [0.15, 0.2) is 0 Å². The fourth-order valence-electron chi connectivity index (χ4n) is 2.81.